The van der Waals surface area contributed by atoms with Crippen molar-refractivity contribution in [1.29, 1.82) is 0 Å². The Morgan fingerprint density at radius 3 is 2.31 bits per heavy atom. The average Bonchev–Trinajstić information content (AvgIpc) is 2.79. The molecule has 10 heteroatoms. The van der Waals surface area contributed by atoms with Gasteiger partial charge in [0.25, 0.3) is 0 Å². The van der Waals surface area contributed by atoms with Gasteiger partial charge >= 0.3 is 6.36 Å². The molecule has 1 heterocycles. The van der Waals surface area contributed by atoms with E-state index in [4.69, 9.17) is 0 Å². The van der Waals surface area contributed by atoms with Gasteiger partial charge in [-0.2, -0.15) is 0 Å². The molecule has 2 aromatic rings. The third-order valence-corrected chi connectivity index (χ3v) is 5.03. The molecule has 172 valence electrons. The number of carbonyl (C=O) groups is 1. The van der Waals surface area contributed by atoms with Crippen LogP contribution in [-0.2, 0) is 11.3 Å². The molecule has 2 aromatic carbocycles. The molecule has 0 atom stereocenters. The second-order valence-corrected chi connectivity index (χ2v) is 7.14. The minimum Gasteiger partial charge on any atom is -0.405 e. The second kappa shape index (κ2) is 10.7. The van der Waals surface area contributed by atoms with E-state index in [-0.39, 0.29) is 24.7 Å². The van der Waals surface area contributed by atoms with E-state index in [2.05, 4.69) is 25.3 Å². The van der Waals surface area contributed by atoms with Gasteiger partial charge in [0.2, 0.25) is 5.91 Å². The number of hydrogen-bond donors (Lipinski definition) is 2. The number of anilines is 1. The van der Waals surface area contributed by atoms with E-state index in [1.807, 2.05) is 30.3 Å². The number of amides is 1. The lowest BCUT2D eigenvalue weighted by atomic mass is 10.2. The Labute approximate surface area is 184 Å². The molecule has 3 rings (SSSR count). The summed E-state index contributed by atoms with van der Waals surface area (Å²) in [5, 5.41) is 5.83. The first kappa shape index (κ1) is 23.2. The van der Waals surface area contributed by atoms with E-state index >= 15 is 0 Å². The lowest BCUT2D eigenvalue weighted by Crippen LogP contribution is -2.52. The molecule has 0 saturated carbocycles. The average molecular weight is 449 g/mol. The van der Waals surface area contributed by atoms with Gasteiger partial charge in [-0.25, -0.2) is 0 Å². The lowest BCUT2D eigenvalue weighted by Gasteiger charge is -2.36. The number of halogens is 3. The largest absolute Gasteiger partial charge is 0.573 e. The van der Waals surface area contributed by atoms with Crippen LogP contribution in [0.15, 0.2) is 59.6 Å². The van der Waals surface area contributed by atoms with Crippen molar-refractivity contribution in [3.8, 4) is 5.75 Å². The minimum atomic E-state index is -4.77. The van der Waals surface area contributed by atoms with Crippen LogP contribution in [0.1, 0.15) is 5.56 Å². The van der Waals surface area contributed by atoms with Crippen molar-refractivity contribution in [2.45, 2.75) is 12.9 Å². The van der Waals surface area contributed by atoms with Crippen LogP contribution in [0.3, 0.4) is 0 Å². The highest BCUT2D eigenvalue weighted by atomic mass is 19.4. The Morgan fingerprint density at radius 2 is 1.66 bits per heavy atom. The Balaban J connectivity index is 1.46. The lowest BCUT2D eigenvalue weighted by molar-refractivity contribution is -0.274. The highest BCUT2D eigenvalue weighted by Gasteiger charge is 2.32. The first-order chi connectivity index (χ1) is 15.4. The Kier molecular flexibility index (Phi) is 7.80. The van der Waals surface area contributed by atoms with Gasteiger partial charge in [-0.3, -0.25) is 9.79 Å². The zero-order valence-corrected chi connectivity index (χ0v) is 17.7. The van der Waals surface area contributed by atoms with Crippen LogP contribution >= 0.6 is 0 Å². The maximum absolute atomic E-state index is 12.6. The van der Waals surface area contributed by atoms with E-state index < -0.39 is 6.36 Å². The SMILES string of the molecule is CN=C(NCC(=O)N1CCN(c2ccccc2)CC1)NCc1ccccc1OC(F)(F)F. The molecule has 0 radical (unpaired) electrons. The van der Waals surface area contributed by atoms with Gasteiger partial charge in [0, 0.05) is 51.0 Å². The number of benzene rings is 2. The van der Waals surface area contributed by atoms with E-state index in [9.17, 15) is 18.0 Å². The number of guanidine groups is 1. The number of ether oxygens (including phenoxy) is 1. The maximum atomic E-state index is 12.6. The fourth-order valence-corrected chi connectivity index (χ4v) is 3.40. The Hall–Kier alpha value is -3.43. The van der Waals surface area contributed by atoms with Gasteiger partial charge in [-0.1, -0.05) is 36.4 Å². The van der Waals surface area contributed by atoms with Crippen molar-refractivity contribution >= 4 is 17.6 Å². The zero-order chi connectivity index (χ0) is 23.0. The second-order valence-electron chi connectivity index (χ2n) is 7.14. The van der Waals surface area contributed by atoms with E-state index in [0.29, 0.717) is 24.6 Å². The fourth-order valence-electron chi connectivity index (χ4n) is 3.40. The highest BCUT2D eigenvalue weighted by molar-refractivity contribution is 5.86. The fraction of sp³-hybridized carbons (Fsp3) is 0.364. The van der Waals surface area contributed by atoms with Crippen molar-refractivity contribution in [2.75, 3.05) is 44.7 Å². The summed E-state index contributed by atoms with van der Waals surface area (Å²) in [5.41, 5.74) is 1.45. The quantitative estimate of drug-likeness (QED) is 0.524. The van der Waals surface area contributed by atoms with Crippen LogP contribution in [0.4, 0.5) is 18.9 Å². The summed E-state index contributed by atoms with van der Waals surface area (Å²) in [6, 6.07) is 15.9. The van der Waals surface area contributed by atoms with Crippen LogP contribution in [0.2, 0.25) is 0 Å². The van der Waals surface area contributed by atoms with Gasteiger partial charge < -0.3 is 25.2 Å². The number of nitrogens with zero attached hydrogens (tertiary/aromatic N) is 3. The zero-order valence-electron chi connectivity index (χ0n) is 17.7. The number of aliphatic imine (C=N–C) groups is 1. The molecular weight excluding hydrogens is 423 g/mol. The standard InChI is InChI=1S/C22H26F3N5O2/c1-26-21(27-15-17-7-5-6-10-19(17)32-22(23,24)25)28-16-20(31)30-13-11-29(12-14-30)18-8-3-2-4-9-18/h2-10H,11-16H2,1H3,(H2,26,27,28). The summed E-state index contributed by atoms with van der Waals surface area (Å²) in [6.07, 6.45) is -4.77. The molecule has 1 aliphatic rings. The molecule has 7 nitrogen and oxygen atoms in total. The predicted molar refractivity (Wildman–Crippen MR) is 117 cm³/mol. The van der Waals surface area contributed by atoms with Gasteiger partial charge in [0.1, 0.15) is 5.75 Å². The number of rotatable bonds is 6. The molecule has 1 saturated heterocycles. The van der Waals surface area contributed by atoms with Crippen molar-refractivity contribution in [3.05, 3.63) is 60.2 Å². The monoisotopic (exact) mass is 449 g/mol. The third kappa shape index (κ3) is 6.79. The molecule has 0 aliphatic carbocycles. The summed E-state index contributed by atoms with van der Waals surface area (Å²) < 4.78 is 41.8. The van der Waals surface area contributed by atoms with Crippen molar-refractivity contribution in [2.24, 2.45) is 4.99 Å². The molecule has 1 aliphatic heterocycles. The molecule has 1 fully saturated rings. The summed E-state index contributed by atoms with van der Waals surface area (Å²) in [7, 11) is 1.52. The molecule has 0 spiro atoms. The van der Waals surface area contributed by atoms with E-state index in [1.54, 1.807) is 11.0 Å². The van der Waals surface area contributed by atoms with Crippen LogP contribution < -0.4 is 20.3 Å². The molecule has 0 aromatic heterocycles. The first-order valence-corrected chi connectivity index (χ1v) is 10.2. The molecule has 2 N–H and O–H groups in total. The number of para-hydroxylation sites is 2. The number of nitrogens with one attached hydrogen (secondary N) is 2. The molecule has 0 bridgehead atoms. The van der Waals surface area contributed by atoms with Crippen LogP contribution in [-0.4, -0.2) is 62.9 Å². The van der Waals surface area contributed by atoms with Gasteiger partial charge in [0.05, 0.1) is 6.54 Å². The van der Waals surface area contributed by atoms with E-state index in [0.717, 1.165) is 18.8 Å². The Bertz CT molecular complexity index is 913. The predicted octanol–water partition coefficient (Wildman–Crippen LogP) is 2.60. The number of hydrogen-bond acceptors (Lipinski definition) is 4. The minimum absolute atomic E-state index is 0.0334. The molecule has 0 unspecified atom stereocenters. The van der Waals surface area contributed by atoms with E-state index in [1.165, 1.54) is 25.2 Å². The molecule has 1 amide bonds. The maximum Gasteiger partial charge on any atom is 0.573 e. The number of carbonyl (C=O) groups excluding carboxylic acids is 1. The summed E-state index contributed by atoms with van der Waals surface area (Å²) in [6.45, 7) is 2.81. The smallest absolute Gasteiger partial charge is 0.405 e. The highest BCUT2D eigenvalue weighted by Crippen LogP contribution is 2.26. The van der Waals surface area contributed by atoms with Crippen LogP contribution in [0.25, 0.3) is 0 Å². The van der Waals surface area contributed by atoms with Gasteiger partial charge in [-0.15, -0.1) is 13.2 Å². The normalized spacial score (nSPS) is 14.8. The number of alkyl halides is 3. The van der Waals surface area contributed by atoms with Crippen LogP contribution in [0.5, 0.6) is 5.75 Å². The van der Waals surface area contributed by atoms with Crippen molar-refractivity contribution in [3.63, 3.8) is 0 Å². The molecular formula is C22H26F3N5O2. The van der Waals surface area contributed by atoms with Crippen molar-refractivity contribution < 1.29 is 22.7 Å². The first-order valence-electron chi connectivity index (χ1n) is 10.2. The summed E-state index contributed by atoms with van der Waals surface area (Å²) in [5.74, 6) is -0.0418. The summed E-state index contributed by atoms with van der Waals surface area (Å²) in [4.78, 5) is 20.6. The Morgan fingerprint density at radius 1 is 1.00 bits per heavy atom. The van der Waals surface area contributed by atoms with Gasteiger partial charge in [-0.05, 0) is 18.2 Å². The van der Waals surface area contributed by atoms with Crippen LogP contribution in [0, 0.1) is 0 Å². The summed E-state index contributed by atoms with van der Waals surface area (Å²) >= 11 is 0. The van der Waals surface area contributed by atoms with Gasteiger partial charge in [0.15, 0.2) is 5.96 Å². The number of piperazine rings is 1. The molecule has 32 heavy (non-hydrogen) atoms. The topological polar surface area (TPSA) is 69.2 Å². The van der Waals surface area contributed by atoms with Crippen molar-refractivity contribution in [1.82, 2.24) is 15.5 Å². The third-order valence-electron chi connectivity index (χ3n) is 5.03.